The lowest BCUT2D eigenvalue weighted by molar-refractivity contribution is -0.123. The lowest BCUT2D eigenvalue weighted by Crippen LogP contribution is -2.48. The number of carbonyl (C=O) groups is 1. The van der Waals surface area contributed by atoms with Crippen LogP contribution in [-0.2, 0) is 18.1 Å². The van der Waals surface area contributed by atoms with E-state index in [9.17, 15) is 4.79 Å². The summed E-state index contributed by atoms with van der Waals surface area (Å²) in [5, 5.41) is 2.87. The van der Waals surface area contributed by atoms with Gasteiger partial charge in [-0.05, 0) is 20.8 Å². The van der Waals surface area contributed by atoms with Crippen molar-refractivity contribution in [2.75, 3.05) is 26.4 Å². The molecule has 0 aliphatic rings. The van der Waals surface area contributed by atoms with E-state index in [2.05, 4.69) is 5.32 Å². The molecule has 0 unspecified atom stereocenters. The Labute approximate surface area is 112 Å². The molecule has 0 heterocycles. The summed E-state index contributed by atoms with van der Waals surface area (Å²) < 4.78 is 17.1. The molecule has 5 nitrogen and oxygen atoms in total. The van der Waals surface area contributed by atoms with Gasteiger partial charge in [0, 0.05) is 38.3 Å². The second-order valence-corrected chi connectivity index (χ2v) is 6.91. The lowest BCUT2D eigenvalue weighted by Gasteiger charge is -2.28. The van der Waals surface area contributed by atoms with Crippen molar-refractivity contribution in [3.63, 3.8) is 0 Å². The Bertz CT molecular complexity index is 219. The van der Waals surface area contributed by atoms with Crippen LogP contribution in [0.2, 0.25) is 6.04 Å². The summed E-state index contributed by atoms with van der Waals surface area (Å²) >= 11 is 0. The predicted octanol–water partition coefficient (Wildman–Crippen LogP) is 1.81. The molecular weight excluding hydrogens is 250 g/mol. The van der Waals surface area contributed by atoms with E-state index in [1.54, 1.807) is 0 Å². The van der Waals surface area contributed by atoms with Gasteiger partial charge in [-0.3, -0.25) is 4.79 Å². The third-order valence-corrected chi connectivity index (χ3v) is 5.40. The number of hydrogen-bond acceptors (Lipinski definition) is 4. The van der Waals surface area contributed by atoms with Gasteiger partial charge in [-0.2, -0.15) is 0 Å². The van der Waals surface area contributed by atoms with Crippen LogP contribution >= 0.6 is 0 Å². The fourth-order valence-corrected chi connectivity index (χ4v) is 3.98. The largest absolute Gasteiger partial charge is 0.502 e. The Morgan fingerprint density at radius 3 is 1.83 bits per heavy atom. The molecule has 18 heavy (non-hydrogen) atoms. The molecule has 1 amide bonds. The van der Waals surface area contributed by atoms with Crippen LogP contribution in [0.1, 0.15) is 34.6 Å². The van der Waals surface area contributed by atoms with Crippen LogP contribution in [-0.4, -0.2) is 41.1 Å². The van der Waals surface area contributed by atoms with E-state index in [1.807, 2.05) is 34.6 Å². The molecule has 0 aromatic heterocycles. The van der Waals surface area contributed by atoms with E-state index in [-0.39, 0.29) is 11.8 Å². The van der Waals surface area contributed by atoms with Gasteiger partial charge >= 0.3 is 8.80 Å². The predicted molar refractivity (Wildman–Crippen MR) is 73.3 cm³/mol. The molecule has 0 atom stereocenters. The molecule has 6 heteroatoms. The van der Waals surface area contributed by atoms with Gasteiger partial charge < -0.3 is 18.6 Å². The number of carbonyl (C=O) groups excluding carboxylic acids is 1. The van der Waals surface area contributed by atoms with Crippen molar-refractivity contribution in [3.8, 4) is 0 Å². The van der Waals surface area contributed by atoms with Crippen LogP contribution in [0.3, 0.4) is 0 Å². The fourth-order valence-electron chi connectivity index (χ4n) is 1.54. The summed E-state index contributed by atoms with van der Waals surface area (Å²) in [6.45, 7) is 11.7. The Kier molecular flexibility index (Phi) is 9.26. The standard InChI is InChI=1S/C12H27NO4Si/c1-6-15-18(16-7-2,17-8-3)10-9-13-12(14)11(4)5/h11H,6-10H2,1-5H3,(H,13,14). The van der Waals surface area contributed by atoms with Crippen molar-refractivity contribution in [1.82, 2.24) is 5.32 Å². The minimum absolute atomic E-state index is 0.00709. The number of amides is 1. The average Bonchev–Trinajstić information content (AvgIpc) is 2.29. The van der Waals surface area contributed by atoms with Gasteiger partial charge in [0.15, 0.2) is 0 Å². The minimum atomic E-state index is -2.61. The molecule has 0 radical (unpaired) electrons. The second-order valence-electron chi connectivity index (χ2n) is 4.18. The molecule has 1 N–H and O–H groups in total. The zero-order valence-corrected chi connectivity index (χ0v) is 13.2. The minimum Gasteiger partial charge on any atom is -0.374 e. The first kappa shape index (κ1) is 17.6. The molecule has 0 bridgehead atoms. The molecular formula is C12H27NO4Si. The summed E-state index contributed by atoms with van der Waals surface area (Å²) in [6, 6.07) is 0.612. The molecule has 0 aromatic rings. The van der Waals surface area contributed by atoms with Crippen molar-refractivity contribution in [1.29, 1.82) is 0 Å². The van der Waals surface area contributed by atoms with E-state index in [0.717, 1.165) is 0 Å². The zero-order valence-electron chi connectivity index (χ0n) is 12.2. The monoisotopic (exact) mass is 277 g/mol. The topological polar surface area (TPSA) is 56.8 Å². The van der Waals surface area contributed by atoms with Crippen molar-refractivity contribution < 1.29 is 18.1 Å². The van der Waals surface area contributed by atoms with Crippen LogP contribution in [0.15, 0.2) is 0 Å². The molecule has 0 fully saturated rings. The summed E-state index contributed by atoms with van der Waals surface area (Å²) in [5.74, 6) is 0.0368. The van der Waals surface area contributed by atoms with Crippen LogP contribution in [0.4, 0.5) is 0 Å². The third-order valence-electron chi connectivity index (χ3n) is 2.35. The van der Waals surface area contributed by atoms with Crippen molar-refractivity contribution >= 4 is 14.7 Å². The molecule has 0 spiro atoms. The van der Waals surface area contributed by atoms with Crippen LogP contribution in [0.25, 0.3) is 0 Å². The summed E-state index contributed by atoms with van der Waals surface area (Å²) in [4.78, 5) is 11.5. The van der Waals surface area contributed by atoms with Gasteiger partial charge in [0.2, 0.25) is 5.91 Å². The highest BCUT2D eigenvalue weighted by Gasteiger charge is 2.39. The van der Waals surface area contributed by atoms with Gasteiger partial charge in [-0.1, -0.05) is 13.8 Å². The van der Waals surface area contributed by atoms with Crippen LogP contribution < -0.4 is 5.32 Å². The lowest BCUT2D eigenvalue weighted by atomic mass is 10.2. The molecule has 108 valence electrons. The maximum absolute atomic E-state index is 11.5. The summed E-state index contributed by atoms with van der Waals surface area (Å²) in [5.41, 5.74) is 0. The average molecular weight is 277 g/mol. The van der Waals surface area contributed by atoms with E-state index >= 15 is 0 Å². The van der Waals surface area contributed by atoms with Gasteiger partial charge in [-0.15, -0.1) is 0 Å². The number of hydrogen-bond donors (Lipinski definition) is 1. The zero-order chi connectivity index (χ0) is 14.0. The maximum Gasteiger partial charge on any atom is 0.502 e. The van der Waals surface area contributed by atoms with Gasteiger partial charge in [0.05, 0.1) is 0 Å². The number of nitrogens with one attached hydrogen (secondary N) is 1. The second kappa shape index (κ2) is 9.49. The Morgan fingerprint density at radius 1 is 1.06 bits per heavy atom. The van der Waals surface area contributed by atoms with E-state index < -0.39 is 8.80 Å². The van der Waals surface area contributed by atoms with Crippen molar-refractivity contribution in [2.45, 2.75) is 40.7 Å². The SMILES string of the molecule is CCO[Si](CCNC(=O)C(C)C)(OCC)OCC. The first-order chi connectivity index (χ1) is 8.51. The summed E-state index contributed by atoms with van der Waals surface area (Å²) in [6.07, 6.45) is 0. The van der Waals surface area contributed by atoms with Gasteiger partial charge in [0.25, 0.3) is 0 Å². The quantitative estimate of drug-likeness (QED) is 0.619. The maximum atomic E-state index is 11.5. The smallest absolute Gasteiger partial charge is 0.374 e. The Hall–Kier alpha value is -0.433. The molecule has 0 aromatic carbocycles. The third kappa shape index (κ3) is 6.49. The van der Waals surface area contributed by atoms with Crippen molar-refractivity contribution in [2.24, 2.45) is 5.92 Å². The highest BCUT2D eigenvalue weighted by atomic mass is 28.4. The first-order valence-electron chi connectivity index (χ1n) is 6.70. The highest BCUT2D eigenvalue weighted by molar-refractivity contribution is 6.60. The highest BCUT2D eigenvalue weighted by Crippen LogP contribution is 2.15. The van der Waals surface area contributed by atoms with Gasteiger partial charge in [0.1, 0.15) is 0 Å². The van der Waals surface area contributed by atoms with E-state index in [0.29, 0.717) is 32.4 Å². The Morgan fingerprint density at radius 2 is 1.50 bits per heavy atom. The van der Waals surface area contributed by atoms with Crippen molar-refractivity contribution in [3.05, 3.63) is 0 Å². The first-order valence-corrected chi connectivity index (χ1v) is 8.64. The molecule has 0 aliphatic heterocycles. The van der Waals surface area contributed by atoms with Gasteiger partial charge in [-0.25, -0.2) is 0 Å². The molecule has 0 saturated carbocycles. The Balaban J connectivity index is 4.33. The summed E-state index contributed by atoms with van der Waals surface area (Å²) in [7, 11) is -2.61. The fraction of sp³-hybridized carbons (Fsp3) is 0.917. The van der Waals surface area contributed by atoms with E-state index in [1.165, 1.54) is 0 Å². The van der Waals surface area contributed by atoms with Crippen LogP contribution in [0, 0.1) is 5.92 Å². The molecule has 0 aliphatic carbocycles. The van der Waals surface area contributed by atoms with E-state index in [4.69, 9.17) is 13.3 Å². The molecule has 0 rings (SSSR count). The number of rotatable bonds is 10. The van der Waals surface area contributed by atoms with Crippen LogP contribution in [0.5, 0.6) is 0 Å². The molecule has 0 saturated heterocycles. The normalized spacial score (nSPS) is 11.9.